The van der Waals surface area contributed by atoms with Crippen LogP contribution in [0.25, 0.3) is 0 Å². The molecule has 1 aromatic rings. The van der Waals surface area contributed by atoms with Gasteiger partial charge in [-0.05, 0) is 17.7 Å². The fourth-order valence-corrected chi connectivity index (χ4v) is 2.22. The largest absolute Gasteiger partial charge is 0.478 e. The number of aromatic carboxylic acids is 1. The van der Waals surface area contributed by atoms with Crippen molar-refractivity contribution >= 4 is 11.9 Å². The predicted molar refractivity (Wildman–Crippen MR) is 83.4 cm³/mol. The van der Waals surface area contributed by atoms with Crippen molar-refractivity contribution in [3.63, 3.8) is 0 Å². The first kappa shape index (κ1) is 16.5. The fourth-order valence-electron chi connectivity index (χ4n) is 2.22. The van der Waals surface area contributed by atoms with Gasteiger partial charge in [-0.1, -0.05) is 12.1 Å². The summed E-state index contributed by atoms with van der Waals surface area (Å²) in [5.74, 6) is -1.25. The highest BCUT2D eigenvalue weighted by Gasteiger charge is 2.19. The average molecular weight is 314 g/mol. The molecular weight excluding hydrogens is 296 g/mol. The molecule has 1 heterocycles. The number of carboxylic acids is 1. The van der Waals surface area contributed by atoms with Gasteiger partial charge in [-0.25, -0.2) is 4.79 Å². The first-order valence-corrected chi connectivity index (χ1v) is 7.27. The number of rotatable bonds is 5. The molecule has 3 N–H and O–H groups in total. The molecular formula is C16H18N4O3. The number of hydrogen-bond donors (Lipinski definition) is 3. The minimum Gasteiger partial charge on any atom is -0.478 e. The van der Waals surface area contributed by atoms with Crippen LogP contribution in [0.4, 0.5) is 0 Å². The van der Waals surface area contributed by atoms with Crippen LogP contribution in [-0.2, 0) is 11.3 Å². The van der Waals surface area contributed by atoms with Gasteiger partial charge in [0.2, 0.25) is 0 Å². The molecule has 1 fully saturated rings. The van der Waals surface area contributed by atoms with Gasteiger partial charge in [0.25, 0.3) is 5.91 Å². The van der Waals surface area contributed by atoms with Crippen LogP contribution >= 0.6 is 0 Å². The van der Waals surface area contributed by atoms with Crippen LogP contribution in [0.3, 0.4) is 0 Å². The fraction of sp³-hybridized carbons (Fsp3) is 0.312. The summed E-state index contributed by atoms with van der Waals surface area (Å²) in [6.45, 7) is 3.05. The highest BCUT2D eigenvalue weighted by atomic mass is 16.4. The zero-order chi connectivity index (χ0) is 16.7. The molecule has 0 atom stereocenters. The molecule has 0 radical (unpaired) electrons. The van der Waals surface area contributed by atoms with Crippen molar-refractivity contribution in [1.29, 1.82) is 5.26 Å². The Bertz CT molecular complexity index is 640. The van der Waals surface area contributed by atoms with E-state index in [1.165, 1.54) is 18.3 Å². The van der Waals surface area contributed by atoms with Crippen LogP contribution in [0, 0.1) is 11.3 Å². The molecule has 1 saturated heterocycles. The summed E-state index contributed by atoms with van der Waals surface area (Å²) in [6.07, 6.45) is 1.41. The Morgan fingerprint density at radius 2 is 1.96 bits per heavy atom. The molecule has 23 heavy (non-hydrogen) atoms. The highest BCUT2D eigenvalue weighted by molar-refractivity contribution is 5.97. The van der Waals surface area contributed by atoms with Crippen LogP contribution in [0.5, 0.6) is 0 Å². The quantitative estimate of drug-likeness (QED) is 0.534. The summed E-state index contributed by atoms with van der Waals surface area (Å²) in [5.41, 5.74) is 1.14. The van der Waals surface area contributed by atoms with Gasteiger partial charge in [-0.2, -0.15) is 5.26 Å². The highest BCUT2D eigenvalue weighted by Crippen LogP contribution is 2.05. The van der Waals surface area contributed by atoms with Crippen molar-refractivity contribution in [2.45, 2.75) is 6.54 Å². The molecule has 1 amide bonds. The number of hydrogen-bond acceptors (Lipinski definition) is 5. The van der Waals surface area contributed by atoms with Crippen molar-refractivity contribution in [3.8, 4) is 6.07 Å². The lowest BCUT2D eigenvalue weighted by Gasteiger charge is -2.27. The molecule has 0 aromatic heterocycles. The Morgan fingerprint density at radius 1 is 1.30 bits per heavy atom. The van der Waals surface area contributed by atoms with Crippen LogP contribution in [0.2, 0.25) is 0 Å². The summed E-state index contributed by atoms with van der Waals surface area (Å²) < 4.78 is 0. The minimum absolute atomic E-state index is 0.0639. The van der Waals surface area contributed by atoms with E-state index in [9.17, 15) is 9.59 Å². The van der Waals surface area contributed by atoms with E-state index in [0.717, 1.165) is 18.7 Å². The first-order chi connectivity index (χ1) is 11.1. The minimum atomic E-state index is -0.974. The normalized spacial score (nSPS) is 14.9. The van der Waals surface area contributed by atoms with E-state index in [4.69, 9.17) is 10.4 Å². The Kier molecular flexibility index (Phi) is 5.72. The Balaban J connectivity index is 1.93. The van der Waals surface area contributed by atoms with E-state index in [2.05, 4.69) is 10.6 Å². The zero-order valence-electron chi connectivity index (χ0n) is 12.6. The standard InChI is InChI=1S/C16H18N4O3/c17-9-14(15(21)20-7-5-18-6-8-20)11-19-10-12-1-3-13(4-2-12)16(22)23/h1-4,11,18-19H,5-8,10H2,(H,22,23)/b14-11-. The maximum Gasteiger partial charge on any atom is 0.335 e. The van der Waals surface area contributed by atoms with E-state index >= 15 is 0 Å². The number of piperazine rings is 1. The summed E-state index contributed by atoms with van der Waals surface area (Å²) in [6, 6.07) is 8.32. The third kappa shape index (κ3) is 4.56. The van der Waals surface area contributed by atoms with Crippen molar-refractivity contribution in [2.24, 2.45) is 0 Å². The third-order valence-corrected chi connectivity index (χ3v) is 3.51. The molecule has 2 rings (SSSR count). The molecule has 120 valence electrons. The summed E-state index contributed by atoms with van der Waals surface area (Å²) in [5, 5.41) is 24.0. The van der Waals surface area contributed by atoms with Gasteiger partial charge in [0.05, 0.1) is 5.56 Å². The van der Waals surface area contributed by atoms with Gasteiger partial charge in [-0.3, -0.25) is 4.79 Å². The lowest BCUT2D eigenvalue weighted by molar-refractivity contribution is -0.127. The van der Waals surface area contributed by atoms with Gasteiger partial charge < -0.3 is 20.6 Å². The number of nitriles is 1. The molecule has 0 unspecified atom stereocenters. The number of carbonyl (C=O) groups is 2. The molecule has 1 aliphatic heterocycles. The van der Waals surface area contributed by atoms with Crippen molar-refractivity contribution < 1.29 is 14.7 Å². The Hall–Kier alpha value is -2.85. The van der Waals surface area contributed by atoms with E-state index in [1.54, 1.807) is 17.0 Å². The summed E-state index contributed by atoms with van der Waals surface area (Å²) >= 11 is 0. The number of nitrogens with zero attached hydrogens (tertiary/aromatic N) is 2. The van der Waals surface area contributed by atoms with E-state index in [0.29, 0.717) is 19.6 Å². The zero-order valence-corrected chi connectivity index (χ0v) is 12.6. The Labute approximate surface area is 134 Å². The van der Waals surface area contributed by atoms with Gasteiger partial charge in [-0.15, -0.1) is 0 Å². The van der Waals surface area contributed by atoms with Crippen LogP contribution < -0.4 is 10.6 Å². The van der Waals surface area contributed by atoms with E-state index in [1.807, 2.05) is 6.07 Å². The molecule has 1 aromatic carbocycles. The SMILES string of the molecule is N#C/C(=C/NCc1ccc(C(=O)O)cc1)C(=O)N1CCNCC1. The lowest BCUT2D eigenvalue weighted by Crippen LogP contribution is -2.46. The monoisotopic (exact) mass is 314 g/mol. The summed E-state index contributed by atoms with van der Waals surface area (Å²) in [7, 11) is 0. The molecule has 0 aliphatic carbocycles. The maximum atomic E-state index is 12.2. The smallest absolute Gasteiger partial charge is 0.335 e. The molecule has 0 saturated carbocycles. The molecule has 0 spiro atoms. The van der Waals surface area contributed by atoms with Crippen LogP contribution in [0.1, 0.15) is 15.9 Å². The van der Waals surface area contributed by atoms with Gasteiger partial charge >= 0.3 is 5.97 Å². The molecule has 7 nitrogen and oxygen atoms in total. The lowest BCUT2D eigenvalue weighted by atomic mass is 10.1. The molecule has 7 heteroatoms. The third-order valence-electron chi connectivity index (χ3n) is 3.51. The number of carbonyl (C=O) groups excluding carboxylic acids is 1. The molecule has 0 bridgehead atoms. The Morgan fingerprint density at radius 3 is 2.52 bits per heavy atom. The second kappa shape index (κ2) is 7.96. The molecule has 1 aliphatic rings. The van der Waals surface area contributed by atoms with E-state index in [-0.39, 0.29) is 17.0 Å². The van der Waals surface area contributed by atoms with E-state index < -0.39 is 5.97 Å². The second-order valence-corrected chi connectivity index (χ2v) is 5.09. The number of carboxylic acid groups (broad SMARTS) is 1. The van der Waals surface area contributed by atoms with Gasteiger partial charge in [0, 0.05) is 38.9 Å². The van der Waals surface area contributed by atoms with Crippen LogP contribution in [-0.4, -0.2) is 48.1 Å². The van der Waals surface area contributed by atoms with Gasteiger partial charge in [0.15, 0.2) is 0 Å². The topological polar surface area (TPSA) is 105 Å². The number of amides is 1. The van der Waals surface area contributed by atoms with Gasteiger partial charge in [0.1, 0.15) is 11.6 Å². The average Bonchev–Trinajstić information content (AvgIpc) is 2.59. The van der Waals surface area contributed by atoms with Crippen LogP contribution in [0.15, 0.2) is 36.0 Å². The maximum absolute atomic E-state index is 12.2. The van der Waals surface area contributed by atoms with Crippen molar-refractivity contribution in [3.05, 3.63) is 47.2 Å². The second-order valence-electron chi connectivity index (χ2n) is 5.09. The number of nitrogens with one attached hydrogen (secondary N) is 2. The van der Waals surface area contributed by atoms with Crippen molar-refractivity contribution in [2.75, 3.05) is 26.2 Å². The predicted octanol–water partition coefficient (Wildman–Crippen LogP) is 0.314. The first-order valence-electron chi connectivity index (χ1n) is 7.27. The summed E-state index contributed by atoms with van der Waals surface area (Å²) in [4.78, 5) is 24.6. The number of benzene rings is 1. The van der Waals surface area contributed by atoms with Crippen molar-refractivity contribution in [1.82, 2.24) is 15.5 Å².